The molecule has 3 nitrogen and oxygen atoms in total. The summed E-state index contributed by atoms with van der Waals surface area (Å²) in [6.45, 7) is 4.06. The van der Waals surface area contributed by atoms with Crippen molar-refractivity contribution in [2.75, 3.05) is 0 Å². The molecule has 1 aromatic rings. The van der Waals surface area contributed by atoms with E-state index in [-0.39, 0.29) is 17.6 Å². The fourth-order valence-corrected chi connectivity index (χ4v) is 2.44. The maximum Gasteiger partial charge on any atom is 0.254 e. The van der Waals surface area contributed by atoms with Gasteiger partial charge < -0.3 is 10.6 Å². The lowest BCUT2D eigenvalue weighted by Gasteiger charge is -2.34. The molecule has 1 aliphatic heterocycles. The van der Waals surface area contributed by atoms with Gasteiger partial charge in [-0.15, -0.1) is 0 Å². The summed E-state index contributed by atoms with van der Waals surface area (Å²) < 4.78 is 26.5. The van der Waals surface area contributed by atoms with E-state index in [4.69, 9.17) is 0 Å². The van der Waals surface area contributed by atoms with E-state index in [1.54, 1.807) is 0 Å². The number of rotatable bonds is 2. The number of carbonyl (C=O) groups is 1. The quantitative estimate of drug-likeness (QED) is 0.863. The van der Waals surface area contributed by atoms with Gasteiger partial charge in [0.15, 0.2) is 0 Å². The van der Waals surface area contributed by atoms with Gasteiger partial charge in [0.25, 0.3) is 5.91 Å². The van der Waals surface area contributed by atoms with E-state index >= 15 is 0 Å². The van der Waals surface area contributed by atoms with Crippen LogP contribution in [0.3, 0.4) is 0 Å². The fourth-order valence-electron chi connectivity index (χ4n) is 2.44. The van der Waals surface area contributed by atoms with Crippen LogP contribution >= 0.6 is 0 Å². The molecule has 3 atom stereocenters. The van der Waals surface area contributed by atoms with Gasteiger partial charge in [-0.25, -0.2) is 8.78 Å². The molecule has 0 aliphatic carbocycles. The van der Waals surface area contributed by atoms with E-state index in [1.807, 2.05) is 6.92 Å². The molecule has 5 heteroatoms. The smallest absolute Gasteiger partial charge is 0.254 e. The number of amides is 1. The summed E-state index contributed by atoms with van der Waals surface area (Å²) in [6, 6.07) is 3.35. The highest BCUT2D eigenvalue weighted by Gasteiger charge is 2.26. The van der Waals surface area contributed by atoms with Crippen molar-refractivity contribution in [3.63, 3.8) is 0 Å². The summed E-state index contributed by atoms with van der Waals surface area (Å²) in [7, 11) is 0. The lowest BCUT2D eigenvalue weighted by molar-refractivity contribution is 0.0910. The molecule has 1 fully saturated rings. The Kier molecular flexibility index (Phi) is 4.14. The highest BCUT2D eigenvalue weighted by atomic mass is 19.1. The largest absolute Gasteiger partial charge is 0.348 e. The van der Waals surface area contributed by atoms with Gasteiger partial charge in [-0.1, -0.05) is 0 Å². The minimum atomic E-state index is -0.705. The Hall–Kier alpha value is -1.49. The highest BCUT2D eigenvalue weighted by Crippen LogP contribution is 2.15. The molecule has 1 saturated heterocycles. The van der Waals surface area contributed by atoms with Gasteiger partial charge in [-0.3, -0.25) is 4.79 Å². The third kappa shape index (κ3) is 3.29. The molecule has 0 radical (unpaired) electrons. The summed E-state index contributed by atoms with van der Waals surface area (Å²) in [5.74, 6) is -1.89. The number of hydrogen-bond acceptors (Lipinski definition) is 2. The minimum absolute atomic E-state index is 0.0635. The molecule has 2 rings (SSSR count). The number of piperidine rings is 1. The van der Waals surface area contributed by atoms with Crippen molar-refractivity contribution in [3.05, 3.63) is 35.4 Å². The van der Waals surface area contributed by atoms with E-state index in [0.717, 1.165) is 31.0 Å². The van der Waals surface area contributed by atoms with Crippen LogP contribution in [0, 0.1) is 11.6 Å². The van der Waals surface area contributed by atoms with Crippen molar-refractivity contribution in [2.45, 2.75) is 44.8 Å². The number of carbonyl (C=O) groups excluding carboxylic acids is 1. The fraction of sp³-hybridized carbons (Fsp3) is 0.500. The Bertz CT molecular complexity index is 479. The summed E-state index contributed by atoms with van der Waals surface area (Å²) in [5, 5.41) is 6.09. The number of nitrogens with one attached hydrogen (secondary N) is 2. The average Bonchev–Trinajstić information content (AvgIpc) is 2.35. The van der Waals surface area contributed by atoms with Crippen LogP contribution in [-0.4, -0.2) is 24.0 Å². The topological polar surface area (TPSA) is 41.1 Å². The first kappa shape index (κ1) is 13.9. The van der Waals surface area contributed by atoms with E-state index < -0.39 is 17.5 Å². The lowest BCUT2D eigenvalue weighted by Crippen LogP contribution is -2.54. The van der Waals surface area contributed by atoms with Crippen LogP contribution in [0.4, 0.5) is 8.78 Å². The van der Waals surface area contributed by atoms with Crippen LogP contribution in [0.15, 0.2) is 18.2 Å². The standard InChI is InChI=1S/C14H18F2N2O/c1-8-3-6-13(9(2)17-8)18-14(19)11-7-10(15)4-5-12(11)16/h4-5,7-9,13,17H,3,6H2,1-2H3,(H,18,19). The van der Waals surface area contributed by atoms with Crippen molar-refractivity contribution in [2.24, 2.45) is 0 Å². The van der Waals surface area contributed by atoms with Crippen LogP contribution in [0.2, 0.25) is 0 Å². The Labute approximate surface area is 111 Å². The molecule has 1 aliphatic rings. The molecule has 0 bridgehead atoms. The van der Waals surface area contributed by atoms with E-state index in [9.17, 15) is 13.6 Å². The summed E-state index contributed by atoms with van der Waals surface area (Å²) in [4.78, 5) is 12.0. The van der Waals surface area contributed by atoms with E-state index in [1.165, 1.54) is 0 Å². The van der Waals surface area contributed by atoms with Gasteiger partial charge in [0.2, 0.25) is 0 Å². The Morgan fingerprint density at radius 3 is 2.74 bits per heavy atom. The number of halogens is 2. The molecular formula is C14H18F2N2O. The summed E-state index contributed by atoms with van der Waals surface area (Å²) in [5.41, 5.74) is -0.245. The van der Waals surface area contributed by atoms with Gasteiger partial charge in [-0.05, 0) is 44.9 Å². The van der Waals surface area contributed by atoms with Crippen LogP contribution in [-0.2, 0) is 0 Å². The van der Waals surface area contributed by atoms with Gasteiger partial charge in [0.1, 0.15) is 11.6 Å². The third-order valence-electron chi connectivity index (χ3n) is 3.55. The molecule has 104 valence electrons. The van der Waals surface area contributed by atoms with Crippen molar-refractivity contribution in [3.8, 4) is 0 Å². The SMILES string of the molecule is CC1CCC(NC(=O)c2cc(F)ccc2F)C(C)N1. The van der Waals surface area contributed by atoms with Crippen molar-refractivity contribution < 1.29 is 13.6 Å². The zero-order valence-electron chi connectivity index (χ0n) is 11.0. The minimum Gasteiger partial charge on any atom is -0.348 e. The van der Waals surface area contributed by atoms with Crippen molar-refractivity contribution >= 4 is 5.91 Å². The van der Waals surface area contributed by atoms with Gasteiger partial charge in [0.05, 0.1) is 5.56 Å². The predicted molar refractivity (Wildman–Crippen MR) is 68.9 cm³/mol. The van der Waals surface area contributed by atoms with Crippen LogP contribution in [0.1, 0.15) is 37.0 Å². The normalized spacial score (nSPS) is 27.1. The average molecular weight is 268 g/mol. The van der Waals surface area contributed by atoms with Crippen LogP contribution in [0.5, 0.6) is 0 Å². The Balaban J connectivity index is 2.06. The van der Waals surface area contributed by atoms with Crippen molar-refractivity contribution in [1.82, 2.24) is 10.6 Å². The Morgan fingerprint density at radius 2 is 2.05 bits per heavy atom. The number of hydrogen-bond donors (Lipinski definition) is 2. The molecule has 0 spiro atoms. The third-order valence-corrected chi connectivity index (χ3v) is 3.55. The zero-order valence-corrected chi connectivity index (χ0v) is 11.0. The molecule has 3 unspecified atom stereocenters. The first-order chi connectivity index (χ1) is 8.97. The molecule has 1 amide bonds. The molecular weight excluding hydrogens is 250 g/mol. The van der Waals surface area contributed by atoms with Gasteiger partial charge >= 0.3 is 0 Å². The molecule has 0 aromatic heterocycles. The second kappa shape index (κ2) is 5.65. The van der Waals surface area contributed by atoms with Crippen LogP contribution < -0.4 is 10.6 Å². The monoisotopic (exact) mass is 268 g/mol. The molecule has 19 heavy (non-hydrogen) atoms. The van der Waals surface area contributed by atoms with Crippen molar-refractivity contribution in [1.29, 1.82) is 0 Å². The maximum absolute atomic E-state index is 13.5. The van der Waals surface area contributed by atoms with E-state index in [0.29, 0.717) is 6.04 Å². The van der Waals surface area contributed by atoms with Gasteiger partial charge in [0, 0.05) is 18.1 Å². The lowest BCUT2D eigenvalue weighted by atomic mass is 9.95. The maximum atomic E-state index is 13.5. The molecule has 2 N–H and O–H groups in total. The molecule has 1 aromatic carbocycles. The van der Waals surface area contributed by atoms with Gasteiger partial charge in [-0.2, -0.15) is 0 Å². The summed E-state index contributed by atoms with van der Waals surface area (Å²) >= 11 is 0. The molecule has 0 saturated carbocycles. The number of benzene rings is 1. The molecule has 1 heterocycles. The zero-order chi connectivity index (χ0) is 14.0. The second-order valence-electron chi connectivity index (χ2n) is 5.14. The predicted octanol–water partition coefficient (Wildman–Crippen LogP) is 2.22. The Morgan fingerprint density at radius 1 is 1.32 bits per heavy atom. The van der Waals surface area contributed by atoms with Crippen LogP contribution in [0.25, 0.3) is 0 Å². The first-order valence-corrected chi connectivity index (χ1v) is 6.49. The highest BCUT2D eigenvalue weighted by molar-refractivity contribution is 5.94. The van der Waals surface area contributed by atoms with E-state index in [2.05, 4.69) is 17.6 Å². The summed E-state index contributed by atoms with van der Waals surface area (Å²) in [6.07, 6.45) is 1.78. The second-order valence-corrected chi connectivity index (χ2v) is 5.14. The first-order valence-electron chi connectivity index (χ1n) is 6.49.